The molecule has 1 aromatic carbocycles. The monoisotopic (exact) mass is 227 g/mol. The highest BCUT2D eigenvalue weighted by molar-refractivity contribution is 6.35. The number of nitrogens with two attached hydrogens (primary N) is 1. The second-order valence-corrected chi connectivity index (χ2v) is 4.48. The first-order valence-electron chi connectivity index (χ1n) is 4.55. The Hall–Kier alpha value is -0.500. The molecule has 1 nitrogen and oxygen atoms in total. The largest absolute Gasteiger partial charge is 0.327 e. The van der Waals surface area contributed by atoms with Crippen molar-refractivity contribution in [3.05, 3.63) is 39.4 Å². The summed E-state index contributed by atoms with van der Waals surface area (Å²) in [5, 5.41) is 1.37. The van der Waals surface area contributed by atoms with Crippen LogP contribution in [0.5, 0.6) is 0 Å². The summed E-state index contributed by atoms with van der Waals surface area (Å²) < 4.78 is 0. The molecule has 1 aliphatic carbocycles. The van der Waals surface area contributed by atoms with E-state index >= 15 is 0 Å². The van der Waals surface area contributed by atoms with Crippen LogP contribution in [0, 0.1) is 0 Å². The molecule has 0 amide bonds. The fraction of sp³-hybridized carbons (Fsp3) is 0.273. The van der Waals surface area contributed by atoms with Crippen molar-refractivity contribution in [3.8, 4) is 0 Å². The summed E-state index contributed by atoms with van der Waals surface area (Å²) in [6.45, 7) is 0. The smallest absolute Gasteiger partial charge is 0.0493 e. The van der Waals surface area contributed by atoms with Crippen LogP contribution in [-0.2, 0) is 0 Å². The van der Waals surface area contributed by atoms with E-state index < -0.39 is 0 Å². The zero-order valence-electron chi connectivity index (χ0n) is 7.63. The summed E-state index contributed by atoms with van der Waals surface area (Å²) in [5.41, 5.74) is 8.08. The minimum atomic E-state index is 0.340. The topological polar surface area (TPSA) is 26.0 Å². The zero-order chi connectivity index (χ0) is 10.1. The molecular weight excluding hydrogens is 217 g/mol. The molecule has 0 atom stereocenters. The highest BCUT2D eigenvalue weighted by Gasteiger charge is 2.18. The van der Waals surface area contributed by atoms with Crippen molar-refractivity contribution < 1.29 is 0 Å². The van der Waals surface area contributed by atoms with Crippen molar-refractivity contribution in [3.63, 3.8) is 0 Å². The Bertz CT molecular complexity index is 377. The highest BCUT2D eigenvalue weighted by Crippen LogP contribution is 2.30. The molecule has 2 N–H and O–H groups in total. The van der Waals surface area contributed by atoms with Crippen LogP contribution in [0.3, 0.4) is 0 Å². The lowest BCUT2D eigenvalue weighted by molar-refractivity contribution is 0.547. The van der Waals surface area contributed by atoms with Crippen LogP contribution in [0.4, 0.5) is 0 Å². The highest BCUT2D eigenvalue weighted by atomic mass is 35.5. The van der Waals surface area contributed by atoms with E-state index in [9.17, 15) is 0 Å². The third-order valence-electron chi connectivity index (χ3n) is 2.37. The maximum absolute atomic E-state index is 6.03. The van der Waals surface area contributed by atoms with Gasteiger partial charge < -0.3 is 5.73 Å². The molecule has 0 heterocycles. The van der Waals surface area contributed by atoms with Crippen molar-refractivity contribution >= 4 is 29.3 Å². The van der Waals surface area contributed by atoms with Gasteiger partial charge in [0.25, 0.3) is 0 Å². The van der Waals surface area contributed by atoms with E-state index in [-0.39, 0.29) is 0 Å². The molecule has 0 aliphatic heterocycles. The van der Waals surface area contributed by atoms with E-state index in [0.29, 0.717) is 16.1 Å². The van der Waals surface area contributed by atoms with Crippen LogP contribution in [0.1, 0.15) is 18.4 Å². The van der Waals surface area contributed by atoms with Crippen LogP contribution in [0.15, 0.2) is 23.8 Å². The molecule has 2 rings (SSSR count). The molecule has 0 unspecified atom stereocenters. The summed E-state index contributed by atoms with van der Waals surface area (Å²) in [6.07, 6.45) is 4.07. The molecule has 14 heavy (non-hydrogen) atoms. The Balaban J connectivity index is 2.21. The predicted molar refractivity (Wildman–Crippen MR) is 61.6 cm³/mol. The Morgan fingerprint density at radius 3 is 2.57 bits per heavy atom. The molecule has 0 saturated heterocycles. The van der Waals surface area contributed by atoms with E-state index in [4.69, 9.17) is 28.9 Å². The van der Waals surface area contributed by atoms with Gasteiger partial charge in [-0.15, -0.1) is 0 Å². The van der Waals surface area contributed by atoms with Gasteiger partial charge in [-0.3, -0.25) is 0 Å². The quantitative estimate of drug-likeness (QED) is 0.782. The van der Waals surface area contributed by atoms with Crippen molar-refractivity contribution in [2.24, 2.45) is 5.73 Å². The number of rotatable bonds is 1. The lowest BCUT2D eigenvalue weighted by Gasteiger charge is -2.25. The van der Waals surface area contributed by atoms with E-state index in [1.54, 1.807) is 6.07 Å². The van der Waals surface area contributed by atoms with Crippen molar-refractivity contribution in [1.29, 1.82) is 0 Å². The maximum Gasteiger partial charge on any atom is 0.0493 e. The number of hydrogen-bond donors (Lipinski definition) is 1. The van der Waals surface area contributed by atoms with Crippen LogP contribution >= 0.6 is 23.2 Å². The summed E-state index contributed by atoms with van der Waals surface area (Å²) in [7, 11) is 0. The Morgan fingerprint density at radius 1 is 1.29 bits per heavy atom. The fourth-order valence-electron chi connectivity index (χ4n) is 1.57. The molecular formula is C11H11Cl2N. The summed E-state index contributed by atoms with van der Waals surface area (Å²) in [5.74, 6) is 0. The van der Waals surface area contributed by atoms with Gasteiger partial charge >= 0.3 is 0 Å². The van der Waals surface area contributed by atoms with Gasteiger partial charge in [0, 0.05) is 16.1 Å². The van der Waals surface area contributed by atoms with E-state index in [1.165, 1.54) is 5.57 Å². The molecule has 1 fully saturated rings. The average molecular weight is 228 g/mol. The second-order valence-electron chi connectivity index (χ2n) is 3.64. The van der Waals surface area contributed by atoms with Crippen LogP contribution in [0.25, 0.3) is 6.08 Å². The van der Waals surface area contributed by atoms with Crippen LogP contribution in [0.2, 0.25) is 10.0 Å². The van der Waals surface area contributed by atoms with E-state index in [0.717, 1.165) is 18.4 Å². The first-order valence-corrected chi connectivity index (χ1v) is 5.31. The molecule has 0 radical (unpaired) electrons. The van der Waals surface area contributed by atoms with Crippen molar-refractivity contribution in [2.75, 3.05) is 0 Å². The molecule has 1 aromatic rings. The van der Waals surface area contributed by atoms with Gasteiger partial charge in [0.1, 0.15) is 0 Å². The molecule has 1 saturated carbocycles. The van der Waals surface area contributed by atoms with Crippen LogP contribution < -0.4 is 5.73 Å². The van der Waals surface area contributed by atoms with Gasteiger partial charge in [-0.25, -0.2) is 0 Å². The predicted octanol–water partition coefficient (Wildman–Crippen LogP) is 3.50. The van der Waals surface area contributed by atoms with Gasteiger partial charge in [0.2, 0.25) is 0 Å². The minimum absolute atomic E-state index is 0.340. The molecule has 0 bridgehead atoms. The molecule has 0 spiro atoms. The van der Waals surface area contributed by atoms with Gasteiger partial charge in [-0.1, -0.05) is 40.9 Å². The van der Waals surface area contributed by atoms with Gasteiger partial charge in [0.05, 0.1) is 0 Å². The van der Waals surface area contributed by atoms with Crippen LogP contribution in [-0.4, -0.2) is 6.04 Å². The number of halogens is 2. The van der Waals surface area contributed by atoms with Crippen molar-refractivity contribution in [2.45, 2.75) is 18.9 Å². The Kier molecular flexibility index (Phi) is 2.82. The third kappa shape index (κ3) is 2.11. The van der Waals surface area contributed by atoms with Gasteiger partial charge in [0.15, 0.2) is 0 Å². The first-order chi connectivity index (χ1) is 6.65. The number of hydrogen-bond acceptors (Lipinski definition) is 1. The SMILES string of the molecule is NC1CC(=Cc2ccc(Cl)cc2Cl)C1. The molecule has 74 valence electrons. The van der Waals surface area contributed by atoms with E-state index in [1.807, 2.05) is 12.1 Å². The van der Waals surface area contributed by atoms with Gasteiger partial charge in [-0.05, 0) is 30.5 Å². The lowest BCUT2D eigenvalue weighted by Crippen LogP contribution is -2.29. The first kappa shape index (κ1) is 10.0. The summed E-state index contributed by atoms with van der Waals surface area (Å²) in [6, 6.07) is 5.88. The molecule has 1 aliphatic rings. The number of benzene rings is 1. The van der Waals surface area contributed by atoms with E-state index in [2.05, 4.69) is 6.08 Å². The molecule has 3 heteroatoms. The average Bonchev–Trinajstić information content (AvgIpc) is 2.06. The Labute approximate surface area is 93.5 Å². The zero-order valence-corrected chi connectivity index (χ0v) is 9.15. The lowest BCUT2D eigenvalue weighted by atomic mass is 9.86. The summed E-state index contributed by atoms with van der Waals surface area (Å²) >= 11 is 11.8. The standard InChI is InChI=1S/C11H11Cl2N/c12-9-2-1-8(11(13)6-9)3-7-4-10(14)5-7/h1-3,6,10H,4-5,14H2. The Morgan fingerprint density at radius 2 is 2.00 bits per heavy atom. The maximum atomic E-state index is 6.03. The van der Waals surface area contributed by atoms with Crippen molar-refractivity contribution in [1.82, 2.24) is 0 Å². The third-order valence-corrected chi connectivity index (χ3v) is 2.93. The summed E-state index contributed by atoms with van der Waals surface area (Å²) in [4.78, 5) is 0. The second kappa shape index (κ2) is 3.93. The molecule has 0 aromatic heterocycles. The fourth-order valence-corrected chi connectivity index (χ4v) is 2.03. The van der Waals surface area contributed by atoms with Gasteiger partial charge in [-0.2, -0.15) is 0 Å². The normalized spacial score (nSPS) is 20.5. The minimum Gasteiger partial charge on any atom is -0.327 e.